The van der Waals surface area contributed by atoms with Gasteiger partial charge in [0, 0.05) is 30.4 Å². The average Bonchev–Trinajstić information content (AvgIpc) is 2.58. The Balaban J connectivity index is 1.86. The van der Waals surface area contributed by atoms with Gasteiger partial charge in [0.2, 0.25) is 0 Å². The van der Waals surface area contributed by atoms with Gasteiger partial charge in [-0.05, 0) is 50.5 Å². The molecule has 1 saturated heterocycles. The van der Waals surface area contributed by atoms with Gasteiger partial charge in [-0.3, -0.25) is 9.79 Å². The topological polar surface area (TPSA) is 116 Å². The first-order valence-corrected chi connectivity index (χ1v) is 8.73. The van der Waals surface area contributed by atoms with E-state index in [1.54, 1.807) is 0 Å². The zero-order valence-electron chi connectivity index (χ0n) is 13.7. The molecule has 7 heteroatoms. The fourth-order valence-corrected chi connectivity index (χ4v) is 4.14. The molecular weight excluding hydrogens is 310 g/mol. The molecule has 3 aliphatic rings. The van der Waals surface area contributed by atoms with Crippen LogP contribution in [-0.2, 0) is 9.59 Å². The van der Waals surface area contributed by atoms with Crippen molar-refractivity contribution in [2.24, 2.45) is 16.6 Å². The molecule has 0 saturated carbocycles. The molecule has 3 heterocycles. The summed E-state index contributed by atoms with van der Waals surface area (Å²) < 4.78 is 0. The summed E-state index contributed by atoms with van der Waals surface area (Å²) in [6.07, 6.45) is 7.82. The van der Waals surface area contributed by atoms with Crippen molar-refractivity contribution in [3.63, 3.8) is 0 Å². The summed E-state index contributed by atoms with van der Waals surface area (Å²) in [5.74, 6) is -1.62. The number of nitrogens with zero attached hydrogens (tertiary/aromatic N) is 2. The molecule has 0 bridgehead atoms. The lowest BCUT2D eigenvalue weighted by atomic mass is 9.75. The van der Waals surface area contributed by atoms with Crippen molar-refractivity contribution in [2.75, 3.05) is 6.54 Å². The van der Waals surface area contributed by atoms with Gasteiger partial charge in [-0.15, -0.1) is 0 Å². The van der Waals surface area contributed by atoms with Gasteiger partial charge in [0.25, 0.3) is 0 Å². The number of hydrogen-bond acceptors (Lipinski definition) is 5. The number of carboxylic acids is 2. The molecular formula is C17H25N3O4. The summed E-state index contributed by atoms with van der Waals surface area (Å²) >= 11 is 0. The second kappa shape index (κ2) is 6.93. The first-order chi connectivity index (χ1) is 11.5. The number of fused-ring (bicyclic) bond motifs is 3. The molecule has 0 aromatic carbocycles. The van der Waals surface area contributed by atoms with E-state index in [9.17, 15) is 14.7 Å². The van der Waals surface area contributed by atoms with Crippen molar-refractivity contribution in [3.05, 3.63) is 11.8 Å². The van der Waals surface area contributed by atoms with Gasteiger partial charge in [0.1, 0.15) is 12.1 Å². The van der Waals surface area contributed by atoms with Crippen LogP contribution >= 0.6 is 0 Å². The molecule has 0 radical (unpaired) electrons. The van der Waals surface area contributed by atoms with Crippen LogP contribution in [-0.4, -0.2) is 57.4 Å². The van der Waals surface area contributed by atoms with E-state index in [0.29, 0.717) is 25.3 Å². The Morgan fingerprint density at radius 1 is 1.29 bits per heavy atom. The van der Waals surface area contributed by atoms with Crippen molar-refractivity contribution in [1.29, 1.82) is 0 Å². The van der Waals surface area contributed by atoms with Gasteiger partial charge in [-0.1, -0.05) is 0 Å². The second-order valence-electron chi connectivity index (χ2n) is 6.99. The monoisotopic (exact) mass is 335 g/mol. The average molecular weight is 335 g/mol. The van der Waals surface area contributed by atoms with E-state index in [4.69, 9.17) is 10.8 Å². The molecule has 0 aromatic rings. The maximum atomic E-state index is 11.3. The molecule has 24 heavy (non-hydrogen) atoms. The van der Waals surface area contributed by atoms with E-state index in [1.807, 2.05) is 0 Å². The fraction of sp³-hybridized carbons (Fsp3) is 0.706. The lowest BCUT2D eigenvalue weighted by Gasteiger charge is -2.46. The predicted molar refractivity (Wildman–Crippen MR) is 88.9 cm³/mol. The van der Waals surface area contributed by atoms with E-state index in [0.717, 1.165) is 37.1 Å². The Hall–Kier alpha value is -1.89. The minimum atomic E-state index is -1.01. The van der Waals surface area contributed by atoms with Crippen LogP contribution in [0.15, 0.2) is 16.8 Å². The van der Waals surface area contributed by atoms with Crippen LogP contribution in [0.1, 0.15) is 44.9 Å². The summed E-state index contributed by atoms with van der Waals surface area (Å²) in [4.78, 5) is 29.2. The minimum absolute atomic E-state index is 0.266. The van der Waals surface area contributed by atoms with Crippen LogP contribution in [0, 0.1) is 5.92 Å². The third-order valence-corrected chi connectivity index (χ3v) is 5.43. The first-order valence-electron chi connectivity index (χ1n) is 8.73. The molecule has 0 amide bonds. The Labute approximate surface area is 141 Å². The zero-order valence-corrected chi connectivity index (χ0v) is 13.7. The van der Waals surface area contributed by atoms with Gasteiger partial charge in [0.05, 0.1) is 0 Å². The maximum absolute atomic E-state index is 11.3. The highest BCUT2D eigenvalue weighted by molar-refractivity contribution is 6.04. The predicted octanol–water partition coefficient (Wildman–Crippen LogP) is 1.23. The van der Waals surface area contributed by atoms with Gasteiger partial charge < -0.3 is 20.8 Å². The highest BCUT2D eigenvalue weighted by atomic mass is 16.4. The number of carbonyl (C=O) groups is 2. The Morgan fingerprint density at radius 3 is 2.79 bits per heavy atom. The molecule has 4 atom stereocenters. The maximum Gasteiger partial charge on any atom is 0.328 e. The van der Waals surface area contributed by atoms with E-state index in [-0.39, 0.29) is 5.92 Å². The number of allylic oxidation sites excluding steroid dienone is 1. The highest BCUT2D eigenvalue weighted by Gasteiger charge is 2.40. The summed E-state index contributed by atoms with van der Waals surface area (Å²) in [6.45, 7) is 1.01. The molecule has 0 spiro atoms. The van der Waals surface area contributed by atoms with Crippen LogP contribution in [0.25, 0.3) is 0 Å². The highest BCUT2D eigenvalue weighted by Crippen LogP contribution is 2.38. The molecule has 1 fully saturated rings. The van der Waals surface area contributed by atoms with E-state index < -0.39 is 24.0 Å². The van der Waals surface area contributed by atoms with Gasteiger partial charge >= 0.3 is 11.9 Å². The third kappa shape index (κ3) is 3.31. The molecule has 0 aliphatic carbocycles. The fourth-order valence-electron chi connectivity index (χ4n) is 4.14. The lowest BCUT2D eigenvalue weighted by molar-refractivity contribution is -0.139. The lowest BCUT2D eigenvalue weighted by Crippen LogP contribution is -2.50. The van der Waals surface area contributed by atoms with Crippen LogP contribution in [0.5, 0.6) is 0 Å². The Morgan fingerprint density at radius 2 is 2.08 bits per heavy atom. The number of aliphatic imine (C=N–C) groups is 1. The van der Waals surface area contributed by atoms with Crippen molar-refractivity contribution in [1.82, 2.24) is 4.90 Å². The van der Waals surface area contributed by atoms with Gasteiger partial charge in [0.15, 0.2) is 0 Å². The number of hydrogen-bond donors (Lipinski definition) is 3. The second-order valence-corrected chi connectivity index (χ2v) is 6.99. The van der Waals surface area contributed by atoms with E-state index >= 15 is 0 Å². The smallest absolute Gasteiger partial charge is 0.328 e. The standard InChI is InChI=1S/C17H25N3O4/c18-12(16(21)22)6-4-10-9-20-8-2-1-3-14(20)11-5-7-13(17(23)24)19-15(10)11/h9,11-14H,1-8,18H2,(H,21,22)(H,23,24)/t11-,12-,13-,14+/m0/s1. The normalized spacial score (nSPS) is 30.5. The number of piperidine rings is 1. The van der Waals surface area contributed by atoms with Crippen molar-refractivity contribution in [3.8, 4) is 0 Å². The summed E-state index contributed by atoms with van der Waals surface area (Å²) in [5.41, 5.74) is 7.49. The Kier molecular flexibility index (Phi) is 4.89. The summed E-state index contributed by atoms with van der Waals surface area (Å²) in [6, 6.07) is -1.17. The SMILES string of the molecule is N[C@@H](CCC1=CN2CCCC[C@@H]2[C@@H]2CC[C@@H](C(=O)O)N=C12)C(=O)O. The van der Waals surface area contributed by atoms with Crippen LogP contribution < -0.4 is 5.73 Å². The number of rotatable bonds is 5. The summed E-state index contributed by atoms with van der Waals surface area (Å²) in [5, 5.41) is 18.3. The first kappa shape index (κ1) is 17.0. The largest absolute Gasteiger partial charge is 0.480 e. The van der Waals surface area contributed by atoms with Crippen molar-refractivity contribution < 1.29 is 19.8 Å². The van der Waals surface area contributed by atoms with Gasteiger partial charge in [-0.2, -0.15) is 0 Å². The van der Waals surface area contributed by atoms with Gasteiger partial charge in [-0.25, -0.2) is 4.79 Å². The number of nitrogens with two attached hydrogens (primary N) is 1. The van der Waals surface area contributed by atoms with Crippen molar-refractivity contribution in [2.45, 2.75) is 63.1 Å². The van der Waals surface area contributed by atoms with Crippen molar-refractivity contribution >= 4 is 17.7 Å². The number of aliphatic carboxylic acids is 2. The molecule has 7 nitrogen and oxygen atoms in total. The molecule has 0 aromatic heterocycles. The van der Waals surface area contributed by atoms with Crippen LogP contribution in [0.2, 0.25) is 0 Å². The quantitative estimate of drug-likeness (QED) is 0.696. The molecule has 4 N–H and O–H groups in total. The molecule has 3 aliphatic heterocycles. The van der Waals surface area contributed by atoms with E-state index in [2.05, 4.69) is 16.1 Å². The Bertz CT molecular complexity index is 586. The zero-order chi connectivity index (χ0) is 17.3. The summed E-state index contributed by atoms with van der Waals surface area (Å²) in [7, 11) is 0. The third-order valence-electron chi connectivity index (χ3n) is 5.43. The van der Waals surface area contributed by atoms with Crippen LogP contribution in [0.3, 0.4) is 0 Å². The van der Waals surface area contributed by atoms with E-state index in [1.165, 1.54) is 6.42 Å². The van der Waals surface area contributed by atoms with Crippen LogP contribution in [0.4, 0.5) is 0 Å². The molecule has 3 rings (SSSR count). The number of carboxylic acid groups (broad SMARTS) is 2. The molecule has 0 unspecified atom stereocenters. The minimum Gasteiger partial charge on any atom is -0.480 e. The molecule has 132 valence electrons.